The van der Waals surface area contributed by atoms with Crippen LogP contribution in [0.2, 0.25) is 0 Å². The number of hydrogen-bond donors (Lipinski definition) is 2. The Hall–Kier alpha value is -2.72. The second kappa shape index (κ2) is 10.4. The molecule has 2 saturated carbocycles. The average Bonchev–Trinajstić information content (AvgIpc) is 3.72. The van der Waals surface area contributed by atoms with Gasteiger partial charge >= 0.3 is 0 Å². The molecule has 10 heteroatoms. The largest absolute Gasteiger partial charge is 0.477 e. The number of benzene rings is 1. The lowest BCUT2D eigenvalue weighted by Crippen LogP contribution is -2.52. The summed E-state index contributed by atoms with van der Waals surface area (Å²) in [6.07, 6.45) is 7.55. The first-order chi connectivity index (χ1) is 18.1. The van der Waals surface area contributed by atoms with Gasteiger partial charge in [0.15, 0.2) is 10.6 Å². The third-order valence-corrected chi connectivity index (χ3v) is 9.50. The summed E-state index contributed by atoms with van der Waals surface area (Å²) in [4.78, 5) is 19.5. The minimum absolute atomic E-state index is 0.243. The highest BCUT2D eigenvalue weighted by molar-refractivity contribution is 7.90. The van der Waals surface area contributed by atoms with E-state index in [4.69, 9.17) is 10.5 Å². The number of rotatable bonds is 8. The Bertz CT molecular complexity index is 1280. The molecule has 0 spiro atoms. The van der Waals surface area contributed by atoms with Crippen LogP contribution in [0.4, 0.5) is 10.2 Å². The minimum atomic E-state index is -4.23. The van der Waals surface area contributed by atoms with Crippen molar-refractivity contribution in [3.8, 4) is 5.75 Å². The van der Waals surface area contributed by atoms with Crippen LogP contribution in [0.25, 0.3) is 0 Å². The number of pyridine rings is 1. The highest BCUT2D eigenvalue weighted by Crippen LogP contribution is 2.46. The van der Waals surface area contributed by atoms with E-state index < -0.39 is 33.7 Å². The summed E-state index contributed by atoms with van der Waals surface area (Å²) in [7, 11) is -4.23. The predicted octanol–water partition coefficient (Wildman–Crippen LogP) is 4.12. The molecular weight excluding hydrogens is 507 g/mol. The molecule has 0 radical (unpaired) electrons. The van der Waals surface area contributed by atoms with Crippen molar-refractivity contribution >= 4 is 21.7 Å². The number of para-hydroxylation sites is 1. The second-order valence-corrected chi connectivity index (χ2v) is 12.8. The van der Waals surface area contributed by atoms with Crippen LogP contribution in [0.5, 0.6) is 5.75 Å². The number of nitrogens with zero attached hydrogens (tertiary/aromatic N) is 2. The summed E-state index contributed by atoms with van der Waals surface area (Å²) < 4.78 is 48.2. The number of alkyl halides is 1. The molecule has 0 atom stereocenters. The zero-order chi connectivity index (χ0) is 27.0. The number of anilines is 1. The van der Waals surface area contributed by atoms with E-state index in [0.29, 0.717) is 56.3 Å². The fourth-order valence-electron chi connectivity index (χ4n) is 5.55. The lowest BCUT2D eigenvalue weighted by Gasteiger charge is -2.38. The van der Waals surface area contributed by atoms with Gasteiger partial charge in [-0.2, -0.15) is 8.42 Å². The molecule has 1 aromatic carbocycles. The van der Waals surface area contributed by atoms with Gasteiger partial charge < -0.3 is 15.4 Å². The monoisotopic (exact) mass is 544 g/mol. The summed E-state index contributed by atoms with van der Waals surface area (Å²) in [5, 5.41) is -0.243. The van der Waals surface area contributed by atoms with Crippen LogP contribution in [0.3, 0.4) is 0 Å². The summed E-state index contributed by atoms with van der Waals surface area (Å²) in [6.45, 7) is 2.31. The Balaban J connectivity index is 1.30. The van der Waals surface area contributed by atoms with Gasteiger partial charge in [-0.25, -0.2) is 14.1 Å². The van der Waals surface area contributed by atoms with Gasteiger partial charge in [0.25, 0.3) is 15.9 Å². The van der Waals surface area contributed by atoms with Crippen LogP contribution < -0.4 is 20.1 Å². The van der Waals surface area contributed by atoms with Gasteiger partial charge in [0.05, 0.1) is 0 Å². The number of carbonyl (C=O) groups excluding carboxylic acids is 1. The van der Waals surface area contributed by atoms with E-state index in [1.807, 2.05) is 24.0 Å². The van der Waals surface area contributed by atoms with Crippen molar-refractivity contribution in [2.24, 2.45) is 5.73 Å². The van der Waals surface area contributed by atoms with Crippen LogP contribution in [0, 0.1) is 6.92 Å². The summed E-state index contributed by atoms with van der Waals surface area (Å²) >= 11 is 0. The Morgan fingerprint density at radius 3 is 2.45 bits per heavy atom. The average molecular weight is 545 g/mol. The molecular formula is C28H37FN4O4S. The summed E-state index contributed by atoms with van der Waals surface area (Å²) in [5.74, 6) is 0.878. The Morgan fingerprint density at radius 2 is 1.79 bits per heavy atom. The predicted molar refractivity (Wildman–Crippen MR) is 144 cm³/mol. The van der Waals surface area contributed by atoms with Crippen LogP contribution in [-0.2, 0) is 14.8 Å². The maximum atomic E-state index is 13.3. The van der Waals surface area contributed by atoms with Crippen molar-refractivity contribution in [3.63, 3.8) is 0 Å². The van der Waals surface area contributed by atoms with E-state index >= 15 is 0 Å². The first-order valence-electron chi connectivity index (χ1n) is 13.6. The molecule has 1 saturated heterocycles. The number of aromatic nitrogens is 1. The quantitative estimate of drug-likeness (QED) is 0.514. The van der Waals surface area contributed by atoms with Gasteiger partial charge in [-0.3, -0.25) is 4.79 Å². The fourth-order valence-corrected chi connectivity index (χ4v) is 6.55. The number of ether oxygens (including phenoxy) is 1. The summed E-state index contributed by atoms with van der Waals surface area (Å²) in [6, 6.07) is 10.7. The Morgan fingerprint density at radius 1 is 1.11 bits per heavy atom. The number of carbonyl (C=O) groups is 1. The van der Waals surface area contributed by atoms with E-state index in [-0.39, 0.29) is 5.03 Å². The van der Waals surface area contributed by atoms with Crippen LogP contribution in [0.1, 0.15) is 74.8 Å². The van der Waals surface area contributed by atoms with Crippen LogP contribution in [0.15, 0.2) is 41.4 Å². The summed E-state index contributed by atoms with van der Waals surface area (Å²) in [5.41, 5.74) is 6.04. The van der Waals surface area contributed by atoms with E-state index in [0.717, 1.165) is 24.0 Å². The maximum Gasteiger partial charge on any atom is 0.281 e. The number of amides is 1. The molecule has 3 fully saturated rings. The number of nitrogens with two attached hydrogens (primary N) is 1. The van der Waals surface area contributed by atoms with Gasteiger partial charge in [-0.15, -0.1) is 0 Å². The van der Waals surface area contributed by atoms with Gasteiger partial charge in [-0.1, -0.05) is 43.5 Å². The van der Waals surface area contributed by atoms with Crippen LogP contribution >= 0.6 is 0 Å². The van der Waals surface area contributed by atoms with Crippen molar-refractivity contribution in [2.45, 2.75) is 86.8 Å². The molecule has 3 N–H and O–H groups in total. The zero-order valence-electron chi connectivity index (χ0n) is 21.9. The third-order valence-electron chi connectivity index (χ3n) is 8.26. The maximum absolute atomic E-state index is 13.3. The molecule has 0 unspecified atom stereocenters. The number of aryl methyl sites for hydroxylation is 1. The SMILES string of the molecule is Cc1cccc(C2CCCCC2)c1OC1(C(=O)NS(=O)(=O)c2cccc(N3CCC(N)(CF)CC3)n2)CC1. The topological polar surface area (TPSA) is 115 Å². The Kier molecular flexibility index (Phi) is 7.39. The second-order valence-electron chi connectivity index (χ2n) is 11.2. The molecule has 2 aliphatic carbocycles. The molecule has 206 valence electrons. The first kappa shape index (κ1) is 26.9. The van der Waals surface area contributed by atoms with E-state index in [9.17, 15) is 17.6 Å². The highest BCUT2D eigenvalue weighted by atomic mass is 32.2. The molecule has 2 heterocycles. The molecule has 2 aromatic rings. The number of sulfonamides is 1. The van der Waals surface area contributed by atoms with E-state index in [1.165, 1.54) is 25.3 Å². The minimum Gasteiger partial charge on any atom is -0.477 e. The number of piperidine rings is 1. The van der Waals surface area contributed by atoms with Gasteiger partial charge in [-0.05, 0) is 61.8 Å². The van der Waals surface area contributed by atoms with Crippen molar-refractivity contribution < 1.29 is 22.3 Å². The number of halogens is 1. The van der Waals surface area contributed by atoms with Gasteiger partial charge in [0, 0.05) is 31.5 Å². The van der Waals surface area contributed by atoms with Crippen molar-refractivity contribution in [1.82, 2.24) is 9.71 Å². The fraction of sp³-hybridized carbons (Fsp3) is 0.571. The molecule has 1 aliphatic heterocycles. The molecule has 0 bridgehead atoms. The molecule has 8 nitrogen and oxygen atoms in total. The molecule has 5 rings (SSSR count). The van der Waals surface area contributed by atoms with Crippen molar-refractivity contribution in [3.05, 3.63) is 47.5 Å². The lowest BCUT2D eigenvalue weighted by molar-refractivity contribution is -0.128. The van der Waals surface area contributed by atoms with Crippen LogP contribution in [-0.4, -0.2) is 50.2 Å². The highest BCUT2D eigenvalue weighted by Gasteiger charge is 2.54. The van der Waals surface area contributed by atoms with E-state index in [1.54, 1.807) is 12.1 Å². The first-order valence-corrected chi connectivity index (χ1v) is 15.1. The van der Waals surface area contributed by atoms with Crippen molar-refractivity contribution in [2.75, 3.05) is 24.7 Å². The smallest absolute Gasteiger partial charge is 0.281 e. The molecule has 1 amide bonds. The molecule has 3 aliphatic rings. The molecule has 38 heavy (non-hydrogen) atoms. The van der Waals surface area contributed by atoms with Crippen molar-refractivity contribution in [1.29, 1.82) is 0 Å². The lowest BCUT2D eigenvalue weighted by atomic mass is 9.83. The standard InChI is InChI=1S/C28H37FN4O4S/c1-20-7-5-10-22(21-8-3-2-4-9-21)25(20)37-28(13-14-28)26(34)32-38(35,36)24-12-6-11-23(31-24)33-17-15-27(30,19-29)16-18-33/h5-7,10-12,21H,2-4,8-9,13-19,30H2,1H3,(H,32,34). The Labute approximate surface area is 224 Å². The zero-order valence-corrected chi connectivity index (χ0v) is 22.7. The van der Waals surface area contributed by atoms with Gasteiger partial charge in [0.2, 0.25) is 0 Å². The number of hydrogen-bond acceptors (Lipinski definition) is 7. The molecule has 1 aromatic heterocycles. The van der Waals surface area contributed by atoms with E-state index in [2.05, 4.69) is 15.8 Å². The number of nitrogens with one attached hydrogen (secondary N) is 1. The normalized spacial score (nSPS) is 21.1. The van der Waals surface area contributed by atoms with Gasteiger partial charge in [0.1, 0.15) is 18.2 Å². The third kappa shape index (κ3) is 5.52.